The molecule has 1 aliphatic heterocycles. The fourth-order valence-electron chi connectivity index (χ4n) is 2.22. The second-order valence-corrected chi connectivity index (χ2v) is 4.49. The zero-order chi connectivity index (χ0) is 16.2. The third-order valence-electron chi connectivity index (χ3n) is 2.95. The number of carbonyl (C=O) groups excluding carboxylic acids is 2. The Morgan fingerprint density at radius 1 is 1.14 bits per heavy atom. The Bertz CT molecular complexity index is 592. The maximum atomic E-state index is 12.1. The first-order valence-electron chi connectivity index (χ1n) is 7.04. The first kappa shape index (κ1) is 15.9. The summed E-state index contributed by atoms with van der Waals surface area (Å²) in [6, 6.07) is 8.66. The summed E-state index contributed by atoms with van der Waals surface area (Å²) in [6.07, 6.45) is 0. The zero-order valence-electron chi connectivity index (χ0n) is 12.8. The predicted molar refractivity (Wildman–Crippen MR) is 76.3 cm³/mol. The molecule has 2 rings (SSSR count). The van der Waals surface area contributed by atoms with Gasteiger partial charge in [-0.05, 0) is 13.8 Å². The predicted octanol–water partition coefficient (Wildman–Crippen LogP) is 2.24. The van der Waals surface area contributed by atoms with Gasteiger partial charge >= 0.3 is 17.7 Å². The minimum absolute atomic E-state index is 0.0586. The van der Waals surface area contributed by atoms with Crippen LogP contribution >= 0.6 is 0 Å². The minimum atomic E-state index is -1.75. The number of cyclic esters (lactones) is 1. The fraction of sp³-hybridized carbons (Fsp3) is 0.375. The molecule has 118 valence electrons. The van der Waals surface area contributed by atoms with Crippen molar-refractivity contribution in [3.05, 3.63) is 47.4 Å². The summed E-state index contributed by atoms with van der Waals surface area (Å²) < 4.78 is 21.6. The van der Waals surface area contributed by atoms with Gasteiger partial charge < -0.3 is 18.9 Å². The Kier molecular flexibility index (Phi) is 4.70. The van der Waals surface area contributed by atoms with Crippen molar-refractivity contribution in [2.75, 3.05) is 13.2 Å². The quantitative estimate of drug-likeness (QED) is 0.751. The molecule has 1 unspecified atom stereocenters. The topological polar surface area (TPSA) is 71.1 Å². The molecule has 0 aliphatic carbocycles. The zero-order valence-corrected chi connectivity index (χ0v) is 12.8. The van der Waals surface area contributed by atoms with Gasteiger partial charge in [-0.2, -0.15) is 0 Å². The molecule has 1 aromatic rings. The first-order valence-corrected chi connectivity index (χ1v) is 7.04. The molecule has 22 heavy (non-hydrogen) atoms. The SMILES string of the molecule is CCOC1=C(OCC)C(OC(C)=O)(c2ccccc2)OC1=O. The van der Waals surface area contributed by atoms with Gasteiger partial charge in [-0.15, -0.1) is 0 Å². The van der Waals surface area contributed by atoms with Crippen molar-refractivity contribution < 1.29 is 28.5 Å². The van der Waals surface area contributed by atoms with Gasteiger partial charge in [0.1, 0.15) is 0 Å². The molecule has 0 radical (unpaired) electrons. The molecule has 0 fully saturated rings. The molecule has 0 spiro atoms. The summed E-state index contributed by atoms with van der Waals surface area (Å²) in [5.74, 6) is -3.09. The molecule has 6 heteroatoms. The molecule has 1 atom stereocenters. The van der Waals surface area contributed by atoms with Crippen LogP contribution in [0.4, 0.5) is 0 Å². The highest BCUT2D eigenvalue weighted by atomic mass is 16.8. The van der Waals surface area contributed by atoms with E-state index < -0.39 is 17.7 Å². The van der Waals surface area contributed by atoms with Crippen LogP contribution in [0.1, 0.15) is 26.3 Å². The van der Waals surface area contributed by atoms with Gasteiger partial charge in [0.25, 0.3) is 5.76 Å². The third kappa shape index (κ3) is 2.77. The van der Waals surface area contributed by atoms with Crippen LogP contribution in [0.5, 0.6) is 0 Å². The van der Waals surface area contributed by atoms with Gasteiger partial charge in [-0.3, -0.25) is 4.79 Å². The number of ether oxygens (including phenoxy) is 4. The smallest absolute Gasteiger partial charge is 0.381 e. The van der Waals surface area contributed by atoms with Crippen molar-refractivity contribution in [1.29, 1.82) is 0 Å². The molecular weight excluding hydrogens is 288 g/mol. The Hall–Kier alpha value is -2.50. The van der Waals surface area contributed by atoms with Crippen LogP contribution in [0.25, 0.3) is 0 Å². The van der Waals surface area contributed by atoms with E-state index in [0.29, 0.717) is 5.56 Å². The van der Waals surface area contributed by atoms with E-state index in [2.05, 4.69) is 0 Å². The van der Waals surface area contributed by atoms with Crippen molar-refractivity contribution in [2.24, 2.45) is 0 Å². The highest BCUT2D eigenvalue weighted by Gasteiger charge is 2.55. The van der Waals surface area contributed by atoms with Crippen LogP contribution in [0, 0.1) is 0 Å². The van der Waals surface area contributed by atoms with Crippen molar-refractivity contribution in [1.82, 2.24) is 0 Å². The lowest BCUT2D eigenvalue weighted by Gasteiger charge is -2.29. The summed E-state index contributed by atoms with van der Waals surface area (Å²) in [5.41, 5.74) is 0.469. The van der Waals surface area contributed by atoms with Gasteiger partial charge in [0.2, 0.25) is 5.76 Å². The molecule has 6 nitrogen and oxygen atoms in total. The Morgan fingerprint density at radius 3 is 2.32 bits per heavy atom. The van der Waals surface area contributed by atoms with E-state index in [1.54, 1.807) is 44.2 Å². The largest absolute Gasteiger partial charge is 0.487 e. The Morgan fingerprint density at radius 2 is 1.77 bits per heavy atom. The van der Waals surface area contributed by atoms with Gasteiger partial charge in [-0.25, -0.2) is 4.79 Å². The van der Waals surface area contributed by atoms with Crippen molar-refractivity contribution >= 4 is 11.9 Å². The van der Waals surface area contributed by atoms with Crippen LogP contribution in [-0.2, 0) is 34.3 Å². The highest BCUT2D eigenvalue weighted by molar-refractivity contribution is 5.90. The number of carbonyl (C=O) groups is 2. The van der Waals surface area contributed by atoms with Crippen LogP contribution in [0.15, 0.2) is 41.9 Å². The van der Waals surface area contributed by atoms with Crippen molar-refractivity contribution in [2.45, 2.75) is 26.6 Å². The van der Waals surface area contributed by atoms with Crippen LogP contribution in [0.2, 0.25) is 0 Å². The van der Waals surface area contributed by atoms with E-state index in [-0.39, 0.29) is 24.7 Å². The lowest BCUT2D eigenvalue weighted by molar-refractivity contribution is -0.219. The van der Waals surface area contributed by atoms with Gasteiger partial charge in [0, 0.05) is 12.5 Å². The molecule has 0 saturated heterocycles. The lowest BCUT2D eigenvalue weighted by atomic mass is 10.0. The molecule has 0 N–H and O–H groups in total. The third-order valence-corrected chi connectivity index (χ3v) is 2.95. The van der Waals surface area contributed by atoms with Crippen molar-refractivity contribution in [3.63, 3.8) is 0 Å². The summed E-state index contributed by atoms with van der Waals surface area (Å²) in [5, 5.41) is 0. The number of rotatable bonds is 6. The van der Waals surface area contributed by atoms with Crippen LogP contribution in [0.3, 0.4) is 0 Å². The van der Waals surface area contributed by atoms with Gasteiger partial charge in [0.05, 0.1) is 13.2 Å². The summed E-state index contributed by atoms with van der Waals surface area (Å²) in [4.78, 5) is 23.7. The number of esters is 2. The monoisotopic (exact) mass is 306 g/mol. The first-order chi connectivity index (χ1) is 10.5. The second kappa shape index (κ2) is 6.51. The van der Waals surface area contributed by atoms with E-state index in [1.165, 1.54) is 6.92 Å². The van der Waals surface area contributed by atoms with Gasteiger partial charge in [-0.1, -0.05) is 30.3 Å². The highest BCUT2D eigenvalue weighted by Crippen LogP contribution is 2.43. The van der Waals surface area contributed by atoms with E-state index in [9.17, 15) is 9.59 Å². The fourth-order valence-corrected chi connectivity index (χ4v) is 2.22. The number of hydrogen-bond acceptors (Lipinski definition) is 6. The molecule has 1 heterocycles. The standard InChI is InChI=1S/C16H18O6/c1-4-19-13-14(20-5-2)16(21-11(3)17,22-15(13)18)12-9-7-6-8-10-12/h6-10H,4-5H2,1-3H3. The maximum absolute atomic E-state index is 12.1. The Balaban J connectivity index is 2.61. The van der Waals surface area contributed by atoms with E-state index in [4.69, 9.17) is 18.9 Å². The summed E-state index contributed by atoms with van der Waals surface area (Å²) in [7, 11) is 0. The molecule has 0 amide bonds. The van der Waals surface area contributed by atoms with E-state index in [1.807, 2.05) is 0 Å². The number of benzene rings is 1. The van der Waals surface area contributed by atoms with E-state index >= 15 is 0 Å². The second-order valence-electron chi connectivity index (χ2n) is 4.49. The maximum Gasteiger partial charge on any atom is 0.381 e. The van der Waals surface area contributed by atoms with Crippen LogP contribution < -0.4 is 0 Å². The van der Waals surface area contributed by atoms with Gasteiger partial charge in [0.15, 0.2) is 0 Å². The molecular formula is C16H18O6. The normalized spacial score (nSPS) is 20.6. The van der Waals surface area contributed by atoms with Crippen molar-refractivity contribution in [3.8, 4) is 0 Å². The molecule has 0 saturated carbocycles. The van der Waals surface area contributed by atoms with Crippen LogP contribution in [-0.4, -0.2) is 25.2 Å². The molecule has 1 aliphatic rings. The minimum Gasteiger partial charge on any atom is -0.487 e. The molecule has 0 aromatic heterocycles. The lowest BCUT2D eigenvalue weighted by Crippen LogP contribution is -2.35. The molecule has 1 aromatic carbocycles. The average molecular weight is 306 g/mol. The van der Waals surface area contributed by atoms with E-state index in [0.717, 1.165) is 0 Å². The average Bonchev–Trinajstić information content (AvgIpc) is 2.74. The number of hydrogen-bond donors (Lipinski definition) is 0. The Labute approximate surface area is 128 Å². The molecule has 0 bridgehead atoms. The summed E-state index contributed by atoms with van der Waals surface area (Å²) in [6.45, 7) is 5.24. The summed E-state index contributed by atoms with van der Waals surface area (Å²) >= 11 is 0.